The maximum Gasteiger partial charge on any atom is 0.343 e. The third-order valence-electron chi connectivity index (χ3n) is 14.1. The molecule has 3 aliphatic rings. The summed E-state index contributed by atoms with van der Waals surface area (Å²) < 4.78 is 18.7. The van der Waals surface area contributed by atoms with Gasteiger partial charge in [-0.3, -0.25) is 0 Å². The molecule has 1 saturated carbocycles. The van der Waals surface area contributed by atoms with Crippen LogP contribution in [-0.4, -0.2) is 38.2 Å². The van der Waals surface area contributed by atoms with Crippen molar-refractivity contribution in [3.05, 3.63) is 172 Å². The molecule has 0 aromatic heterocycles. The quantitative estimate of drug-likeness (QED) is 0.0589. The average Bonchev–Trinajstić information content (AvgIpc) is 3.37. The Morgan fingerprint density at radius 2 is 1.47 bits per heavy atom. The number of hydrogen-bond acceptors (Lipinski definition) is 7. The van der Waals surface area contributed by atoms with Crippen LogP contribution in [0, 0.1) is 5.92 Å². The molecular weight excluding hydrogens is 817 g/mol. The van der Waals surface area contributed by atoms with Gasteiger partial charge in [0.2, 0.25) is 0 Å². The number of esters is 2. The first-order valence-electron chi connectivity index (χ1n) is 24.6. The van der Waals surface area contributed by atoms with E-state index in [1.54, 1.807) is 37.3 Å². The Bertz CT molecular complexity index is 2610. The van der Waals surface area contributed by atoms with Crippen molar-refractivity contribution in [3.8, 4) is 11.5 Å². The van der Waals surface area contributed by atoms with Crippen molar-refractivity contribution in [1.82, 2.24) is 0 Å². The van der Waals surface area contributed by atoms with Crippen molar-refractivity contribution in [2.24, 2.45) is 5.92 Å². The summed E-state index contributed by atoms with van der Waals surface area (Å²) in [5, 5.41) is 4.99. The van der Waals surface area contributed by atoms with Crippen LogP contribution in [0.2, 0.25) is 0 Å². The van der Waals surface area contributed by atoms with E-state index in [2.05, 4.69) is 77.8 Å². The smallest absolute Gasteiger partial charge is 0.343 e. The van der Waals surface area contributed by atoms with Crippen molar-refractivity contribution in [3.63, 3.8) is 0 Å². The number of rotatable bonds is 16. The molecule has 66 heavy (non-hydrogen) atoms. The van der Waals surface area contributed by atoms with Gasteiger partial charge in [0.1, 0.15) is 11.5 Å². The van der Waals surface area contributed by atoms with E-state index in [-0.39, 0.29) is 6.61 Å². The van der Waals surface area contributed by atoms with Crippen LogP contribution in [0.5, 0.6) is 11.5 Å². The molecule has 7 heteroatoms. The Balaban J connectivity index is 0.838. The standard InChI is InChI=1S/C59H64N2O5/c1-3-64-58(63)55-41-47-40-52(65-57(62)46-25-29-50(30-26-46)60-37-11-5-4-8-14-43-19-23-45(24-20-43)44-21-17-42(2)18-22-44)33-34-53(47)56-54(55)35-36-59(66-56,48-15-9-6-10-16-48)49-27-31-51(32-28-49)61-38-12-7-13-39-61/h6,9-10,15-16,19-20,23-36,40-42,44,60H,3-5,7-8,11-14,17-18,21-22,37-39H2,1-2H3. The van der Waals surface area contributed by atoms with Gasteiger partial charge in [-0.2, -0.15) is 0 Å². The third kappa shape index (κ3) is 10.2. The lowest BCUT2D eigenvalue weighted by Gasteiger charge is -2.37. The molecule has 0 spiro atoms. The number of hydrogen-bond donors (Lipinski definition) is 1. The zero-order valence-electron chi connectivity index (χ0n) is 38.7. The number of nitrogens with zero attached hydrogens (tertiary/aromatic N) is 1. The average molecular weight is 881 g/mol. The summed E-state index contributed by atoms with van der Waals surface area (Å²) >= 11 is 0. The number of piperidine rings is 1. The second-order valence-electron chi connectivity index (χ2n) is 18.7. The Kier molecular flexibility index (Phi) is 14.2. The van der Waals surface area contributed by atoms with Gasteiger partial charge in [-0.1, -0.05) is 99.3 Å². The highest BCUT2D eigenvalue weighted by atomic mass is 16.5. The second kappa shape index (κ2) is 20.9. The molecule has 1 unspecified atom stereocenters. The molecule has 1 N–H and O–H groups in total. The van der Waals surface area contributed by atoms with Crippen LogP contribution in [0.3, 0.4) is 0 Å². The molecule has 2 aliphatic heterocycles. The minimum Gasteiger partial charge on any atom is -0.472 e. The first-order chi connectivity index (χ1) is 32.4. The van der Waals surface area contributed by atoms with Crippen LogP contribution in [0.15, 0.2) is 133 Å². The molecule has 340 valence electrons. The molecule has 1 atom stereocenters. The van der Waals surface area contributed by atoms with Gasteiger partial charge in [0, 0.05) is 53.1 Å². The van der Waals surface area contributed by atoms with Crippen LogP contribution in [0.1, 0.15) is 139 Å². The van der Waals surface area contributed by atoms with Gasteiger partial charge in [0.05, 0.1) is 17.7 Å². The van der Waals surface area contributed by atoms with Gasteiger partial charge in [0.15, 0.2) is 5.60 Å². The molecular formula is C59H64N2O5. The SMILES string of the molecule is CCOC(=O)c1cc2cc(OC(=O)c3ccc(NCCCCCCc4ccc(C5CCC(C)CC5)cc4)cc3)ccc2c2c1C=CC(c1ccccc1)(c1ccc(N3CCCCC3)cc1)O2. The Hall–Kier alpha value is -6.34. The zero-order chi connectivity index (χ0) is 45.3. The van der Waals surface area contributed by atoms with Gasteiger partial charge >= 0.3 is 11.9 Å². The van der Waals surface area contributed by atoms with Crippen LogP contribution in [-0.2, 0) is 16.8 Å². The van der Waals surface area contributed by atoms with Gasteiger partial charge < -0.3 is 24.4 Å². The number of carbonyl (C=O) groups is 2. The molecule has 9 rings (SSSR count). The summed E-state index contributed by atoms with van der Waals surface area (Å²) in [5.41, 5.74) is 7.61. The van der Waals surface area contributed by atoms with E-state index in [4.69, 9.17) is 14.2 Å². The molecule has 7 nitrogen and oxygen atoms in total. The Morgan fingerprint density at radius 3 is 2.21 bits per heavy atom. The predicted molar refractivity (Wildman–Crippen MR) is 268 cm³/mol. The van der Waals surface area contributed by atoms with Crippen molar-refractivity contribution in [2.75, 3.05) is 36.5 Å². The van der Waals surface area contributed by atoms with E-state index in [1.165, 1.54) is 81.0 Å². The van der Waals surface area contributed by atoms with Gasteiger partial charge in [-0.15, -0.1) is 0 Å². The summed E-state index contributed by atoms with van der Waals surface area (Å²) in [5.74, 6) is 1.66. The normalized spacial score (nSPS) is 19.2. The third-order valence-corrected chi connectivity index (χ3v) is 14.1. The van der Waals surface area contributed by atoms with E-state index >= 15 is 0 Å². The lowest BCUT2D eigenvalue weighted by Crippen LogP contribution is -2.35. The lowest BCUT2D eigenvalue weighted by atomic mass is 9.79. The molecule has 0 amide bonds. The van der Waals surface area contributed by atoms with Gasteiger partial charge in [-0.25, -0.2) is 9.59 Å². The fourth-order valence-corrected chi connectivity index (χ4v) is 10.2. The molecule has 0 bridgehead atoms. The lowest BCUT2D eigenvalue weighted by molar-refractivity contribution is 0.0524. The van der Waals surface area contributed by atoms with Gasteiger partial charge in [-0.05, 0) is 159 Å². The van der Waals surface area contributed by atoms with E-state index < -0.39 is 17.5 Å². The summed E-state index contributed by atoms with van der Waals surface area (Å²) in [7, 11) is 0. The van der Waals surface area contributed by atoms with Crippen LogP contribution < -0.4 is 19.7 Å². The van der Waals surface area contributed by atoms with Crippen LogP contribution >= 0.6 is 0 Å². The van der Waals surface area contributed by atoms with Crippen molar-refractivity contribution >= 4 is 40.2 Å². The fraction of sp³-hybridized carbons (Fsp3) is 0.356. The Morgan fingerprint density at radius 1 is 0.742 bits per heavy atom. The van der Waals surface area contributed by atoms with Crippen molar-refractivity contribution in [2.45, 2.75) is 102 Å². The Labute approximate surface area is 391 Å². The number of ether oxygens (including phenoxy) is 3. The number of fused-ring (bicyclic) bond motifs is 3. The summed E-state index contributed by atoms with van der Waals surface area (Å²) in [6.07, 6.45) is 18.9. The number of nitrogens with one attached hydrogen (secondary N) is 1. The topological polar surface area (TPSA) is 77.1 Å². The number of aryl methyl sites for hydroxylation is 1. The molecule has 1 aliphatic carbocycles. The maximum atomic E-state index is 13.5. The first kappa shape index (κ1) is 44.8. The molecule has 1 saturated heterocycles. The van der Waals surface area contributed by atoms with Crippen molar-refractivity contribution in [1.29, 1.82) is 0 Å². The highest BCUT2D eigenvalue weighted by Crippen LogP contribution is 2.47. The van der Waals surface area contributed by atoms with Crippen LogP contribution in [0.25, 0.3) is 16.8 Å². The molecule has 2 fully saturated rings. The first-order valence-corrected chi connectivity index (χ1v) is 24.6. The van der Waals surface area contributed by atoms with E-state index in [0.29, 0.717) is 33.6 Å². The largest absolute Gasteiger partial charge is 0.472 e. The number of anilines is 2. The molecule has 2 heterocycles. The van der Waals surface area contributed by atoms with E-state index in [1.807, 2.05) is 48.6 Å². The monoisotopic (exact) mass is 880 g/mol. The predicted octanol–water partition coefficient (Wildman–Crippen LogP) is 14.1. The second-order valence-corrected chi connectivity index (χ2v) is 18.7. The van der Waals surface area contributed by atoms with Gasteiger partial charge in [0.25, 0.3) is 0 Å². The molecule has 0 radical (unpaired) electrons. The molecule has 6 aromatic carbocycles. The number of benzene rings is 6. The summed E-state index contributed by atoms with van der Waals surface area (Å²) in [6, 6.07) is 43.1. The minimum atomic E-state index is -0.971. The van der Waals surface area contributed by atoms with E-state index in [9.17, 15) is 9.59 Å². The zero-order valence-corrected chi connectivity index (χ0v) is 38.7. The highest BCUT2D eigenvalue weighted by Gasteiger charge is 2.39. The minimum absolute atomic E-state index is 0.231. The summed E-state index contributed by atoms with van der Waals surface area (Å²) in [6.45, 7) is 7.42. The highest BCUT2D eigenvalue weighted by molar-refractivity contribution is 6.04. The fourth-order valence-electron chi connectivity index (χ4n) is 10.2. The van der Waals surface area contributed by atoms with Crippen molar-refractivity contribution < 1.29 is 23.8 Å². The summed E-state index contributed by atoms with van der Waals surface area (Å²) in [4.78, 5) is 29.5. The molecule has 6 aromatic rings. The van der Waals surface area contributed by atoms with Crippen LogP contribution in [0.4, 0.5) is 11.4 Å². The maximum absolute atomic E-state index is 13.5. The number of unbranched alkanes of at least 4 members (excludes halogenated alkanes) is 3. The number of carbonyl (C=O) groups excluding carboxylic acids is 2. The van der Waals surface area contributed by atoms with E-state index in [0.717, 1.165) is 66.5 Å².